The Labute approximate surface area is 215 Å². The van der Waals surface area contributed by atoms with Gasteiger partial charge in [-0.3, -0.25) is 9.78 Å². The lowest BCUT2D eigenvalue weighted by molar-refractivity contribution is -0.388. The van der Waals surface area contributed by atoms with Gasteiger partial charge in [0.1, 0.15) is 11.7 Å². The van der Waals surface area contributed by atoms with Gasteiger partial charge in [-0.25, -0.2) is 9.59 Å². The number of hydrogen-bond donors (Lipinski definition) is 0. The molecule has 0 heterocycles. The van der Waals surface area contributed by atoms with Crippen molar-refractivity contribution in [2.75, 3.05) is 0 Å². The van der Waals surface area contributed by atoms with Crippen LogP contribution in [0.4, 0.5) is 0 Å². The molecule has 0 bridgehead atoms. The summed E-state index contributed by atoms with van der Waals surface area (Å²) in [7, 11) is 0. The van der Waals surface area contributed by atoms with E-state index in [9.17, 15) is 9.59 Å². The smallest absolute Gasteiger partial charge is 0.292 e. The predicted molar refractivity (Wildman–Crippen MR) is 138 cm³/mol. The molecule has 6 heteroatoms. The van der Waals surface area contributed by atoms with Gasteiger partial charge in [-0.15, -0.1) is 0 Å². The number of rotatable bonds is 6. The SMILES string of the molecule is CC1CCC(C)(OOC(=O)c2ccc(C(C)(C)C)cc2)C(OOC(=O)c2ccc(C(C)(C)C)cc2)C1. The maximum Gasteiger partial charge on any atom is 0.373 e. The van der Waals surface area contributed by atoms with Gasteiger partial charge in [0.15, 0.2) is 0 Å². The van der Waals surface area contributed by atoms with Crippen LogP contribution in [0.1, 0.15) is 106 Å². The van der Waals surface area contributed by atoms with E-state index in [2.05, 4.69) is 48.5 Å². The molecule has 0 spiro atoms. The Balaban J connectivity index is 1.62. The Kier molecular flexibility index (Phi) is 8.31. The second-order valence-electron chi connectivity index (χ2n) is 12.3. The first kappa shape index (κ1) is 27.9. The Morgan fingerprint density at radius 3 is 1.67 bits per heavy atom. The van der Waals surface area contributed by atoms with E-state index < -0.39 is 23.6 Å². The topological polar surface area (TPSA) is 71.1 Å². The molecule has 3 rings (SSSR count). The van der Waals surface area contributed by atoms with Gasteiger partial charge in [-0.2, -0.15) is 9.78 Å². The van der Waals surface area contributed by atoms with Crippen LogP contribution >= 0.6 is 0 Å². The van der Waals surface area contributed by atoms with Gasteiger partial charge in [0.25, 0.3) is 0 Å². The van der Waals surface area contributed by atoms with Crippen molar-refractivity contribution in [3.63, 3.8) is 0 Å². The number of carbonyl (C=O) groups excluding carboxylic acids is 2. The number of benzene rings is 2. The summed E-state index contributed by atoms with van der Waals surface area (Å²) in [5.74, 6) is -0.811. The molecule has 0 aromatic heterocycles. The highest BCUT2D eigenvalue weighted by atomic mass is 17.2. The van der Waals surface area contributed by atoms with E-state index in [0.717, 1.165) is 17.5 Å². The predicted octanol–water partition coefficient (Wildman–Crippen LogP) is 7.11. The average Bonchev–Trinajstić information content (AvgIpc) is 2.82. The lowest BCUT2D eigenvalue weighted by Gasteiger charge is -2.39. The highest BCUT2D eigenvalue weighted by molar-refractivity contribution is 5.89. The number of carbonyl (C=O) groups is 2. The highest BCUT2D eigenvalue weighted by Crippen LogP contribution is 2.37. The van der Waals surface area contributed by atoms with Gasteiger partial charge in [-0.05, 0) is 78.3 Å². The van der Waals surface area contributed by atoms with Crippen molar-refractivity contribution in [2.24, 2.45) is 5.92 Å². The lowest BCUT2D eigenvalue weighted by atomic mass is 9.78. The molecule has 1 saturated carbocycles. The molecule has 3 unspecified atom stereocenters. The quantitative estimate of drug-likeness (QED) is 0.314. The summed E-state index contributed by atoms with van der Waals surface area (Å²) in [5.41, 5.74) is 2.07. The molecule has 0 N–H and O–H groups in total. The van der Waals surface area contributed by atoms with Gasteiger partial charge in [0.2, 0.25) is 0 Å². The molecule has 1 aliphatic carbocycles. The summed E-state index contributed by atoms with van der Waals surface area (Å²) in [6, 6.07) is 14.6. The van der Waals surface area contributed by atoms with Crippen LogP contribution in [0.5, 0.6) is 0 Å². The van der Waals surface area contributed by atoms with Crippen molar-refractivity contribution >= 4 is 11.9 Å². The van der Waals surface area contributed by atoms with Crippen molar-refractivity contribution in [1.82, 2.24) is 0 Å². The molecule has 6 nitrogen and oxygen atoms in total. The maximum atomic E-state index is 12.6. The molecule has 0 saturated heterocycles. The summed E-state index contributed by atoms with van der Waals surface area (Å²) < 4.78 is 0. The van der Waals surface area contributed by atoms with Gasteiger partial charge in [0, 0.05) is 0 Å². The molecule has 1 aliphatic rings. The fourth-order valence-electron chi connectivity index (χ4n) is 4.21. The first-order chi connectivity index (χ1) is 16.7. The van der Waals surface area contributed by atoms with Crippen LogP contribution in [-0.4, -0.2) is 23.6 Å². The van der Waals surface area contributed by atoms with Gasteiger partial charge in [-0.1, -0.05) is 72.7 Å². The van der Waals surface area contributed by atoms with E-state index in [1.54, 1.807) is 24.3 Å². The Morgan fingerprint density at radius 1 is 0.778 bits per heavy atom. The largest absolute Gasteiger partial charge is 0.373 e. The molecule has 36 heavy (non-hydrogen) atoms. The van der Waals surface area contributed by atoms with Gasteiger partial charge < -0.3 is 0 Å². The first-order valence-electron chi connectivity index (χ1n) is 12.7. The second-order valence-corrected chi connectivity index (χ2v) is 12.3. The minimum absolute atomic E-state index is 0.0115. The molecule has 0 radical (unpaired) electrons. The van der Waals surface area contributed by atoms with E-state index in [1.807, 2.05) is 31.2 Å². The van der Waals surface area contributed by atoms with E-state index in [1.165, 1.54) is 0 Å². The fraction of sp³-hybridized carbons (Fsp3) is 0.533. The van der Waals surface area contributed by atoms with Crippen LogP contribution in [0.15, 0.2) is 48.5 Å². The lowest BCUT2D eigenvalue weighted by Crippen LogP contribution is -2.48. The summed E-state index contributed by atoms with van der Waals surface area (Å²) in [6.07, 6.45) is 1.48. The molecule has 196 valence electrons. The van der Waals surface area contributed by atoms with Crippen molar-refractivity contribution < 1.29 is 29.1 Å². The van der Waals surface area contributed by atoms with E-state index in [0.29, 0.717) is 29.9 Å². The minimum atomic E-state index is -0.954. The third kappa shape index (κ3) is 6.95. The zero-order valence-corrected chi connectivity index (χ0v) is 22.8. The highest BCUT2D eigenvalue weighted by Gasteiger charge is 2.45. The van der Waals surface area contributed by atoms with Crippen molar-refractivity contribution in [3.8, 4) is 0 Å². The Hall–Kier alpha value is -2.70. The van der Waals surface area contributed by atoms with Crippen LogP contribution in [-0.2, 0) is 30.4 Å². The Morgan fingerprint density at radius 2 is 1.22 bits per heavy atom. The summed E-state index contributed by atoms with van der Waals surface area (Å²) in [4.78, 5) is 47.0. The van der Waals surface area contributed by atoms with E-state index in [4.69, 9.17) is 19.6 Å². The van der Waals surface area contributed by atoms with Gasteiger partial charge in [0.05, 0.1) is 11.1 Å². The monoisotopic (exact) mass is 496 g/mol. The molecule has 1 fully saturated rings. The van der Waals surface area contributed by atoms with Crippen molar-refractivity contribution in [3.05, 3.63) is 70.8 Å². The average molecular weight is 497 g/mol. The van der Waals surface area contributed by atoms with E-state index >= 15 is 0 Å². The normalized spacial score (nSPS) is 22.7. The standard InChI is InChI=1S/C30H40O6/c1-20-17-18-30(8,36-35-27(32)22-11-15-24(16-12-22)29(5,6)7)25(19-20)33-34-26(31)21-9-13-23(14-10-21)28(2,3)4/h9-16,20,25H,17-19H2,1-8H3. The molecular weight excluding hydrogens is 456 g/mol. The maximum absolute atomic E-state index is 12.6. The van der Waals surface area contributed by atoms with Crippen LogP contribution in [0.3, 0.4) is 0 Å². The van der Waals surface area contributed by atoms with Gasteiger partial charge >= 0.3 is 11.9 Å². The summed E-state index contributed by atoms with van der Waals surface area (Å²) >= 11 is 0. The first-order valence-corrected chi connectivity index (χ1v) is 12.7. The van der Waals surface area contributed by atoms with Crippen LogP contribution in [0, 0.1) is 5.92 Å². The zero-order chi connectivity index (χ0) is 26.7. The molecule has 0 amide bonds. The third-order valence-corrected chi connectivity index (χ3v) is 6.95. The van der Waals surface area contributed by atoms with E-state index in [-0.39, 0.29) is 10.8 Å². The molecule has 0 aliphatic heterocycles. The molecule has 2 aromatic rings. The van der Waals surface area contributed by atoms with Crippen molar-refractivity contribution in [2.45, 2.75) is 97.2 Å². The van der Waals surface area contributed by atoms with Crippen LogP contribution in [0.2, 0.25) is 0 Å². The number of hydrogen-bond acceptors (Lipinski definition) is 6. The van der Waals surface area contributed by atoms with Crippen molar-refractivity contribution in [1.29, 1.82) is 0 Å². The zero-order valence-electron chi connectivity index (χ0n) is 22.8. The molecular formula is C30H40O6. The second kappa shape index (κ2) is 10.7. The van der Waals surface area contributed by atoms with Crippen LogP contribution < -0.4 is 0 Å². The van der Waals surface area contributed by atoms with Crippen LogP contribution in [0.25, 0.3) is 0 Å². The summed E-state index contributed by atoms with van der Waals surface area (Å²) in [5, 5.41) is 0. The molecule has 3 atom stereocenters. The fourth-order valence-corrected chi connectivity index (χ4v) is 4.21. The summed E-state index contributed by atoms with van der Waals surface area (Å²) in [6.45, 7) is 16.6. The Bertz CT molecular complexity index is 1040. The molecule has 2 aromatic carbocycles. The minimum Gasteiger partial charge on any atom is -0.292 e. The third-order valence-electron chi connectivity index (χ3n) is 6.95.